The van der Waals surface area contributed by atoms with E-state index < -0.39 is 17.4 Å². The number of benzene rings is 1. The summed E-state index contributed by atoms with van der Waals surface area (Å²) in [6, 6.07) is 6.27. The van der Waals surface area contributed by atoms with E-state index in [9.17, 15) is 20.4 Å². The van der Waals surface area contributed by atoms with Crippen molar-refractivity contribution >= 4 is 0 Å². The monoisotopic (exact) mass is 295 g/mol. The number of phenols is 1. The Labute approximate surface area is 125 Å². The third-order valence-corrected chi connectivity index (χ3v) is 4.53. The van der Waals surface area contributed by atoms with Crippen LogP contribution in [0.4, 0.5) is 0 Å². The van der Waals surface area contributed by atoms with Crippen LogP contribution >= 0.6 is 0 Å². The summed E-state index contributed by atoms with van der Waals surface area (Å²) >= 11 is 0. The number of hydrogen-bond acceptors (Lipinski definition) is 5. The summed E-state index contributed by atoms with van der Waals surface area (Å²) in [6.45, 7) is 0. The molecule has 1 atom stereocenters. The molecule has 0 spiro atoms. The number of aliphatic hydroxyl groups is 3. The molecule has 1 saturated carbocycles. The van der Waals surface area contributed by atoms with Crippen molar-refractivity contribution in [2.75, 3.05) is 14.1 Å². The SMILES string of the molecule is CN(C)C(O)(O)C(c1ccc(O)cc1)C1(O)CCCCC1. The molecule has 0 bridgehead atoms. The van der Waals surface area contributed by atoms with Gasteiger partial charge in [-0.05, 0) is 44.6 Å². The van der Waals surface area contributed by atoms with Crippen LogP contribution in [0, 0.1) is 0 Å². The molecule has 0 saturated heterocycles. The van der Waals surface area contributed by atoms with Gasteiger partial charge < -0.3 is 20.4 Å². The van der Waals surface area contributed by atoms with Gasteiger partial charge in [-0.2, -0.15) is 0 Å². The van der Waals surface area contributed by atoms with Gasteiger partial charge in [-0.15, -0.1) is 0 Å². The maximum Gasteiger partial charge on any atom is 0.234 e. The molecule has 5 heteroatoms. The lowest BCUT2D eigenvalue weighted by molar-refractivity contribution is -0.292. The van der Waals surface area contributed by atoms with Gasteiger partial charge in [0.1, 0.15) is 5.75 Å². The van der Waals surface area contributed by atoms with Crippen molar-refractivity contribution in [1.82, 2.24) is 4.90 Å². The molecule has 2 rings (SSSR count). The summed E-state index contributed by atoms with van der Waals surface area (Å²) in [5, 5.41) is 41.6. The molecule has 0 radical (unpaired) electrons. The quantitative estimate of drug-likeness (QED) is 0.631. The number of hydrogen-bond donors (Lipinski definition) is 4. The van der Waals surface area contributed by atoms with Gasteiger partial charge in [0.05, 0.1) is 11.5 Å². The fourth-order valence-electron chi connectivity index (χ4n) is 3.27. The lowest BCUT2D eigenvalue weighted by Gasteiger charge is -2.47. The highest BCUT2D eigenvalue weighted by atomic mass is 16.5. The highest BCUT2D eigenvalue weighted by Gasteiger charge is 2.51. The summed E-state index contributed by atoms with van der Waals surface area (Å²) in [5.74, 6) is -2.91. The predicted molar refractivity (Wildman–Crippen MR) is 79.7 cm³/mol. The predicted octanol–water partition coefficient (Wildman–Crippen LogP) is 1.37. The molecule has 0 amide bonds. The van der Waals surface area contributed by atoms with Crippen molar-refractivity contribution in [3.8, 4) is 5.75 Å². The van der Waals surface area contributed by atoms with Gasteiger partial charge >= 0.3 is 0 Å². The Morgan fingerprint density at radius 2 is 1.57 bits per heavy atom. The van der Waals surface area contributed by atoms with E-state index >= 15 is 0 Å². The van der Waals surface area contributed by atoms with Crippen molar-refractivity contribution < 1.29 is 20.4 Å². The first-order valence-electron chi connectivity index (χ1n) is 7.41. The minimum absolute atomic E-state index is 0.111. The third kappa shape index (κ3) is 3.21. The van der Waals surface area contributed by atoms with Crippen molar-refractivity contribution in [2.24, 2.45) is 0 Å². The largest absolute Gasteiger partial charge is 0.508 e. The van der Waals surface area contributed by atoms with Gasteiger partial charge in [-0.25, -0.2) is 0 Å². The van der Waals surface area contributed by atoms with E-state index in [2.05, 4.69) is 0 Å². The van der Waals surface area contributed by atoms with E-state index in [-0.39, 0.29) is 5.75 Å². The van der Waals surface area contributed by atoms with Crippen LogP contribution in [-0.4, -0.2) is 50.9 Å². The van der Waals surface area contributed by atoms with E-state index in [1.165, 1.54) is 17.0 Å². The van der Waals surface area contributed by atoms with Crippen LogP contribution in [0.3, 0.4) is 0 Å². The first kappa shape index (κ1) is 16.2. The van der Waals surface area contributed by atoms with Crippen LogP contribution in [0.5, 0.6) is 5.75 Å². The summed E-state index contributed by atoms with van der Waals surface area (Å²) < 4.78 is 0. The molecule has 21 heavy (non-hydrogen) atoms. The highest BCUT2D eigenvalue weighted by Crippen LogP contribution is 2.45. The molecule has 1 aromatic rings. The van der Waals surface area contributed by atoms with Crippen LogP contribution in [-0.2, 0) is 0 Å². The average Bonchev–Trinajstić information content (AvgIpc) is 2.41. The number of aromatic hydroxyl groups is 1. The first-order chi connectivity index (χ1) is 9.77. The molecule has 1 fully saturated rings. The fourth-order valence-corrected chi connectivity index (χ4v) is 3.27. The molecule has 1 aliphatic carbocycles. The number of rotatable bonds is 4. The summed E-state index contributed by atoms with van der Waals surface area (Å²) in [5.41, 5.74) is -0.556. The van der Waals surface area contributed by atoms with E-state index in [1.807, 2.05) is 0 Å². The van der Waals surface area contributed by atoms with Crippen LogP contribution in [0.1, 0.15) is 43.6 Å². The Morgan fingerprint density at radius 3 is 2.05 bits per heavy atom. The highest BCUT2D eigenvalue weighted by molar-refractivity contribution is 5.31. The third-order valence-electron chi connectivity index (χ3n) is 4.53. The zero-order valence-corrected chi connectivity index (χ0v) is 12.7. The van der Waals surface area contributed by atoms with Crippen molar-refractivity contribution in [1.29, 1.82) is 0 Å². The second-order valence-corrected chi connectivity index (χ2v) is 6.27. The second-order valence-electron chi connectivity index (χ2n) is 6.27. The van der Waals surface area contributed by atoms with Crippen LogP contribution in [0.15, 0.2) is 24.3 Å². The molecule has 1 aromatic carbocycles. The average molecular weight is 295 g/mol. The molecule has 0 aliphatic heterocycles. The Morgan fingerprint density at radius 1 is 1.05 bits per heavy atom. The smallest absolute Gasteiger partial charge is 0.234 e. The second kappa shape index (κ2) is 5.93. The van der Waals surface area contributed by atoms with Crippen molar-refractivity contribution in [2.45, 2.75) is 49.5 Å². The Kier molecular flexibility index (Phi) is 4.58. The normalized spacial score (nSPS) is 20.5. The van der Waals surface area contributed by atoms with Crippen molar-refractivity contribution in [3.05, 3.63) is 29.8 Å². The summed E-state index contributed by atoms with van der Waals surface area (Å²) in [7, 11) is 3.14. The maximum atomic E-state index is 11.0. The molecular weight excluding hydrogens is 270 g/mol. The van der Waals surface area contributed by atoms with Gasteiger partial charge in [0.2, 0.25) is 5.91 Å². The van der Waals surface area contributed by atoms with Gasteiger partial charge in [0.25, 0.3) is 0 Å². The van der Waals surface area contributed by atoms with Gasteiger partial charge in [-0.1, -0.05) is 31.4 Å². The van der Waals surface area contributed by atoms with Gasteiger partial charge in [0, 0.05) is 0 Å². The first-order valence-corrected chi connectivity index (χ1v) is 7.41. The maximum absolute atomic E-state index is 11.0. The Bertz CT molecular complexity index is 464. The number of phenolic OH excluding ortho intramolecular Hbond substituents is 1. The molecule has 4 N–H and O–H groups in total. The zero-order chi connectivity index (χ0) is 15.7. The lowest BCUT2D eigenvalue weighted by Crippen LogP contribution is -2.58. The number of likely N-dealkylation sites (N-methyl/N-ethyl adjacent to an activating group) is 1. The molecule has 1 aliphatic rings. The zero-order valence-electron chi connectivity index (χ0n) is 12.7. The van der Waals surface area contributed by atoms with Crippen LogP contribution in [0.2, 0.25) is 0 Å². The van der Waals surface area contributed by atoms with Crippen molar-refractivity contribution in [3.63, 3.8) is 0 Å². The minimum atomic E-state index is -2.16. The molecule has 5 nitrogen and oxygen atoms in total. The van der Waals surface area contributed by atoms with Crippen LogP contribution < -0.4 is 0 Å². The lowest BCUT2D eigenvalue weighted by atomic mass is 9.70. The van der Waals surface area contributed by atoms with E-state index in [0.717, 1.165) is 19.3 Å². The summed E-state index contributed by atoms with van der Waals surface area (Å²) in [6.07, 6.45) is 3.87. The molecule has 0 aromatic heterocycles. The van der Waals surface area contributed by atoms with E-state index in [0.29, 0.717) is 18.4 Å². The molecular formula is C16H25NO4. The molecule has 1 unspecified atom stereocenters. The van der Waals surface area contributed by atoms with Crippen LogP contribution in [0.25, 0.3) is 0 Å². The minimum Gasteiger partial charge on any atom is -0.508 e. The molecule has 118 valence electrons. The van der Waals surface area contributed by atoms with E-state index in [4.69, 9.17) is 0 Å². The standard InChI is InChI=1S/C16H25NO4/c1-17(2)16(20,21)14(12-6-8-13(18)9-7-12)15(19)10-4-3-5-11-15/h6-9,14,18-21H,3-5,10-11H2,1-2H3. The number of nitrogens with zero attached hydrogens (tertiary/aromatic N) is 1. The topological polar surface area (TPSA) is 84.2 Å². The van der Waals surface area contributed by atoms with E-state index in [1.54, 1.807) is 26.2 Å². The fraction of sp³-hybridized carbons (Fsp3) is 0.625. The van der Waals surface area contributed by atoms with Gasteiger partial charge in [-0.3, -0.25) is 4.90 Å². The Balaban J connectivity index is 2.46. The Hall–Kier alpha value is -1.14. The summed E-state index contributed by atoms with van der Waals surface area (Å²) in [4.78, 5) is 1.30. The molecule has 0 heterocycles. The van der Waals surface area contributed by atoms with Gasteiger partial charge in [0.15, 0.2) is 0 Å².